The fourth-order valence-electron chi connectivity index (χ4n) is 1.78. The molecule has 0 saturated carbocycles. The number of anilines is 2. The van der Waals surface area contributed by atoms with Crippen LogP contribution >= 0.6 is 0 Å². The van der Waals surface area contributed by atoms with Crippen LogP contribution in [-0.4, -0.2) is 19.5 Å². The van der Waals surface area contributed by atoms with Gasteiger partial charge in [-0.2, -0.15) is 0 Å². The number of carbonyl (C=O) groups excluding carboxylic acids is 2. The van der Waals surface area contributed by atoms with Crippen molar-refractivity contribution < 1.29 is 18.9 Å². The summed E-state index contributed by atoms with van der Waals surface area (Å²) in [6.07, 6.45) is 0. The zero-order valence-corrected chi connectivity index (χ0v) is 12.8. The van der Waals surface area contributed by atoms with Crippen molar-refractivity contribution in [1.29, 1.82) is 0 Å². The van der Waals surface area contributed by atoms with Crippen molar-refractivity contribution in [2.75, 3.05) is 10.6 Å². The minimum Gasteiger partial charge on any atom is -0.526 e. The minimum atomic E-state index is -0.128. The van der Waals surface area contributed by atoms with Crippen molar-refractivity contribution in [2.24, 2.45) is 0 Å². The van der Waals surface area contributed by atoms with Crippen molar-refractivity contribution in [3.63, 3.8) is 0 Å². The van der Waals surface area contributed by atoms with Crippen LogP contribution in [0.5, 0.6) is 11.5 Å². The maximum Gasteiger partial charge on any atom is 0.658 e. The molecule has 2 N–H and O–H groups in total. The smallest absolute Gasteiger partial charge is 0.526 e. The van der Waals surface area contributed by atoms with Crippen LogP contribution in [0, 0.1) is 0 Å². The molecule has 2 amide bonds. The van der Waals surface area contributed by atoms with Gasteiger partial charge in [0, 0.05) is 25.2 Å². The van der Waals surface area contributed by atoms with Crippen LogP contribution in [0.4, 0.5) is 11.4 Å². The lowest BCUT2D eigenvalue weighted by atomic mass is 10.2. The highest BCUT2D eigenvalue weighted by Crippen LogP contribution is 2.17. The lowest BCUT2D eigenvalue weighted by Crippen LogP contribution is -2.11. The van der Waals surface area contributed by atoms with Crippen LogP contribution in [0.3, 0.4) is 0 Å². The van der Waals surface area contributed by atoms with Gasteiger partial charge < -0.3 is 19.9 Å². The molecule has 0 saturated heterocycles. The molecule has 0 aromatic heterocycles. The first-order valence-electron chi connectivity index (χ1n) is 6.93. The molecule has 0 aliphatic heterocycles. The molecule has 0 fully saturated rings. The maximum atomic E-state index is 10.9. The third-order valence-electron chi connectivity index (χ3n) is 2.72. The summed E-state index contributed by atoms with van der Waals surface area (Å²) in [5.41, 5.74) is 1.39. The van der Waals surface area contributed by atoms with Crippen molar-refractivity contribution in [1.82, 2.24) is 0 Å². The van der Waals surface area contributed by atoms with E-state index < -0.39 is 0 Å². The Morgan fingerprint density at radius 3 is 1.39 bits per heavy atom. The summed E-state index contributed by atoms with van der Waals surface area (Å²) >= 11 is 0. The number of hydrogen-bond donors (Lipinski definition) is 2. The predicted molar refractivity (Wildman–Crippen MR) is 88.5 cm³/mol. The summed E-state index contributed by atoms with van der Waals surface area (Å²) in [7, 11) is 1.21. The lowest BCUT2D eigenvalue weighted by Gasteiger charge is -2.08. The van der Waals surface area contributed by atoms with Crippen LogP contribution in [0.15, 0.2) is 48.5 Å². The summed E-state index contributed by atoms with van der Waals surface area (Å²) in [6.45, 7) is 2.90. The molecule has 7 heteroatoms. The van der Waals surface area contributed by atoms with Gasteiger partial charge >= 0.3 is 7.69 Å². The predicted octanol–water partition coefficient (Wildman–Crippen LogP) is 2.60. The molecule has 0 bridgehead atoms. The number of rotatable bonds is 6. The van der Waals surface area contributed by atoms with E-state index in [1.54, 1.807) is 48.5 Å². The monoisotopic (exact) mass is 311 g/mol. The average Bonchev–Trinajstić information content (AvgIpc) is 2.50. The number of hydrogen-bond acceptors (Lipinski definition) is 4. The van der Waals surface area contributed by atoms with E-state index in [1.807, 2.05) is 0 Å². The number of nitrogens with one attached hydrogen (secondary N) is 2. The van der Waals surface area contributed by atoms with Crippen molar-refractivity contribution >= 4 is 30.9 Å². The van der Waals surface area contributed by atoms with Gasteiger partial charge in [-0.3, -0.25) is 9.59 Å². The topological polar surface area (TPSA) is 76.7 Å². The second-order valence-electron chi connectivity index (χ2n) is 4.74. The highest BCUT2D eigenvalue weighted by Gasteiger charge is 2.03. The molecule has 0 heterocycles. The molecule has 2 aromatic rings. The summed E-state index contributed by atoms with van der Waals surface area (Å²) < 4.78 is 10.7. The van der Waals surface area contributed by atoms with Crippen molar-refractivity contribution in [3.05, 3.63) is 48.5 Å². The third kappa shape index (κ3) is 5.74. The van der Waals surface area contributed by atoms with E-state index in [0.717, 1.165) is 0 Å². The molecular weight excluding hydrogens is 295 g/mol. The number of benzene rings is 2. The van der Waals surface area contributed by atoms with E-state index >= 15 is 0 Å². The second-order valence-corrected chi connectivity index (χ2v) is 4.74. The summed E-state index contributed by atoms with van der Waals surface area (Å²) in [4.78, 5) is 21.8. The zero-order chi connectivity index (χ0) is 16.7. The molecule has 0 unspecified atom stereocenters. The lowest BCUT2D eigenvalue weighted by molar-refractivity contribution is -0.115. The Morgan fingerprint density at radius 2 is 1.09 bits per heavy atom. The SMILES string of the molecule is CC(=O)Nc1ccc(O[B]Oc2ccc(NC(C)=O)cc2)cc1. The Bertz CT molecular complexity index is 612. The molecule has 1 radical (unpaired) electrons. The molecule has 2 rings (SSSR count). The van der Waals surface area contributed by atoms with Gasteiger partial charge in [0.15, 0.2) is 0 Å². The molecule has 0 aliphatic carbocycles. The number of amides is 2. The Labute approximate surface area is 135 Å². The highest BCUT2D eigenvalue weighted by molar-refractivity contribution is 6.20. The maximum absolute atomic E-state index is 10.9. The quantitative estimate of drug-likeness (QED) is 0.804. The fourth-order valence-corrected chi connectivity index (χ4v) is 1.78. The first kappa shape index (κ1) is 16.4. The van der Waals surface area contributed by atoms with E-state index in [0.29, 0.717) is 22.9 Å². The molecule has 2 aromatic carbocycles. The summed E-state index contributed by atoms with van der Waals surface area (Å²) in [5, 5.41) is 5.33. The second kappa shape index (κ2) is 7.88. The van der Waals surface area contributed by atoms with Gasteiger partial charge in [0.05, 0.1) is 0 Å². The summed E-state index contributed by atoms with van der Waals surface area (Å²) in [6, 6.07) is 13.8. The first-order chi connectivity index (χ1) is 11.0. The van der Waals surface area contributed by atoms with Crippen LogP contribution in [0.2, 0.25) is 0 Å². The van der Waals surface area contributed by atoms with Crippen molar-refractivity contribution in [3.8, 4) is 11.5 Å². The van der Waals surface area contributed by atoms with Crippen LogP contribution < -0.4 is 19.9 Å². The standard InChI is InChI=1S/C16H16BN2O4/c1-11(20)18-13-3-7-15(8-4-13)22-17-23-16-9-5-14(6-10-16)19-12(2)21/h3-10H,1-2H3,(H,18,20)(H,19,21). The fraction of sp³-hybridized carbons (Fsp3) is 0.125. The van der Waals surface area contributed by atoms with Gasteiger partial charge in [0.1, 0.15) is 11.5 Å². The summed E-state index contributed by atoms with van der Waals surface area (Å²) in [5.74, 6) is 0.899. The van der Waals surface area contributed by atoms with Gasteiger partial charge in [-0.05, 0) is 48.5 Å². The highest BCUT2D eigenvalue weighted by atomic mass is 16.6. The molecule has 0 aliphatic rings. The van der Waals surface area contributed by atoms with Crippen LogP contribution in [0.1, 0.15) is 13.8 Å². The van der Waals surface area contributed by atoms with Gasteiger partial charge in [-0.1, -0.05) is 0 Å². The molecule has 117 valence electrons. The van der Waals surface area contributed by atoms with E-state index in [9.17, 15) is 9.59 Å². The Balaban J connectivity index is 1.80. The molecular formula is C16H16BN2O4. The van der Waals surface area contributed by atoms with Gasteiger partial charge in [0.25, 0.3) is 0 Å². The largest absolute Gasteiger partial charge is 0.658 e. The van der Waals surface area contributed by atoms with E-state index in [-0.39, 0.29) is 11.8 Å². The van der Waals surface area contributed by atoms with Crippen LogP contribution in [0.25, 0.3) is 0 Å². The van der Waals surface area contributed by atoms with E-state index in [4.69, 9.17) is 9.31 Å². The molecule has 0 spiro atoms. The minimum absolute atomic E-state index is 0.128. The van der Waals surface area contributed by atoms with E-state index in [1.165, 1.54) is 21.5 Å². The van der Waals surface area contributed by atoms with Gasteiger partial charge in [-0.25, -0.2) is 0 Å². The zero-order valence-electron chi connectivity index (χ0n) is 12.8. The molecule has 6 nitrogen and oxygen atoms in total. The van der Waals surface area contributed by atoms with Crippen molar-refractivity contribution in [2.45, 2.75) is 13.8 Å². The first-order valence-corrected chi connectivity index (χ1v) is 6.93. The molecule has 23 heavy (non-hydrogen) atoms. The number of carbonyl (C=O) groups is 2. The Hall–Kier alpha value is -2.96. The van der Waals surface area contributed by atoms with Gasteiger partial charge in [-0.15, -0.1) is 0 Å². The van der Waals surface area contributed by atoms with Gasteiger partial charge in [0.2, 0.25) is 11.8 Å². The molecule has 0 atom stereocenters. The average molecular weight is 311 g/mol. The Morgan fingerprint density at radius 1 is 0.739 bits per heavy atom. The normalized spacial score (nSPS) is 9.65. The van der Waals surface area contributed by atoms with E-state index in [2.05, 4.69) is 10.6 Å². The third-order valence-corrected chi connectivity index (χ3v) is 2.72. The van der Waals surface area contributed by atoms with Crippen LogP contribution in [-0.2, 0) is 9.59 Å². The Kier molecular flexibility index (Phi) is 5.63.